The van der Waals surface area contributed by atoms with E-state index >= 15 is 0 Å². The van der Waals surface area contributed by atoms with E-state index in [2.05, 4.69) is 16.0 Å². The van der Waals surface area contributed by atoms with Gasteiger partial charge >= 0.3 is 0 Å². The molecule has 0 aromatic heterocycles. The topological polar surface area (TPSA) is 62.4 Å². The number of rotatable bonds is 6. The molecule has 0 saturated carbocycles. The van der Waals surface area contributed by atoms with Crippen LogP contribution in [-0.2, 0) is 4.79 Å². The molecule has 0 spiro atoms. The third-order valence-electron chi connectivity index (χ3n) is 4.51. The van der Waals surface area contributed by atoms with Crippen LogP contribution < -0.4 is 20.7 Å². The van der Waals surface area contributed by atoms with Gasteiger partial charge in [0.25, 0.3) is 0 Å². The second-order valence-corrected chi connectivity index (χ2v) is 6.53. The maximum absolute atomic E-state index is 13.2. The van der Waals surface area contributed by atoms with Gasteiger partial charge in [-0.2, -0.15) is 0 Å². The van der Waals surface area contributed by atoms with Crippen molar-refractivity contribution in [3.8, 4) is 5.75 Å². The van der Waals surface area contributed by atoms with Crippen molar-refractivity contribution in [2.45, 2.75) is 25.9 Å². The van der Waals surface area contributed by atoms with Crippen molar-refractivity contribution in [1.29, 1.82) is 0 Å². The summed E-state index contributed by atoms with van der Waals surface area (Å²) in [5.74, 6) is -1.42. The van der Waals surface area contributed by atoms with Gasteiger partial charge in [0.1, 0.15) is 11.9 Å². The van der Waals surface area contributed by atoms with E-state index in [0.717, 1.165) is 49.4 Å². The Morgan fingerprint density at radius 2 is 1.96 bits per heavy atom. The molecule has 1 amide bonds. The summed E-state index contributed by atoms with van der Waals surface area (Å²) >= 11 is 0. The molecule has 1 aliphatic heterocycles. The summed E-state index contributed by atoms with van der Waals surface area (Å²) in [5.41, 5.74) is 1.86. The zero-order valence-electron chi connectivity index (χ0n) is 15.1. The third kappa shape index (κ3) is 5.17. The second kappa shape index (κ2) is 8.81. The Bertz CT molecular complexity index is 808. The molecular formula is C20H23F2N3O2. The molecule has 0 bridgehead atoms. The molecule has 3 rings (SSSR count). The van der Waals surface area contributed by atoms with Crippen molar-refractivity contribution >= 4 is 17.3 Å². The second-order valence-electron chi connectivity index (χ2n) is 6.53. The molecule has 1 aliphatic rings. The van der Waals surface area contributed by atoms with Crippen LogP contribution in [0.25, 0.3) is 0 Å². The molecule has 2 aromatic carbocycles. The predicted octanol–water partition coefficient (Wildman–Crippen LogP) is 3.45. The van der Waals surface area contributed by atoms with Gasteiger partial charge in [0.2, 0.25) is 5.91 Å². The van der Waals surface area contributed by atoms with Crippen molar-refractivity contribution in [3.05, 3.63) is 53.6 Å². The van der Waals surface area contributed by atoms with E-state index in [-0.39, 0.29) is 18.6 Å². The fourth-order valence-electron chi connectivity index (χ4n) is 2.95. The van der Waals surface area contributed by atoms with Gasteiger partial charge in [0.15, 0.2) is 11.6 Å². The number of carbonyl (C=O) groups is 1. The number of nitrogens with one attached hydrogen (secondary N) is 3. The Labute approximate surface area is 157 Å². The number of hydrogen-bond acceptors (Lipinski definition) is 4. The minimum absolute atomic E-state index is 0.0656. The zero-order chi connectivity index (χ0) is 19.2. The highest BCUT2D eigenvalue weighted by Gasteiger charge is 2.16. The molecule has 0 unspecified atom stereocenters. The van der Waals surface area contributed by atoms with Gasteiger partial charge in [-0.25, -0.2) is 8.78 Å². The number of benzene rings is 2. The monoisotopic (exact) mass is 375 g/mol. The average molecular weight is 375 g/mol. The molecule has 144 valence electrons. The van der Waals surface area contributed by atoms with Crippen molar-refractivity contribution in [2.75, 3.05) is 30.3 Å². The normalized spacial score (nSPS) is 14.6. The Hall–Kier alpha value is -2.67. The van der Waals surface area contributed by atoms with Crippen LogP contribution in [0.5, 0.6) is 5.75 Å². The summed E-state index contributed by atoms with van der Waals surface area (Å²) < 4.78 is 32.2. The highest BCUT2D eigenvalue weighted by molar-refractivity contribution is 5.94. The number of carbonyl (C=O) groups excluding carboxylic acids is 1. The Kier molecular flexibility index (Phi) is 6.24. The third-order valence-corrected chi connectivity index (χ3v) is 4.51. The van der Waals surface area contributed by atoms with Crippen LogP contribution >= 0.6 is 0 Å². The maximum Gasteiger partial charge on any atom is 0.243 e. The first kappa shape index (κ1) is 19.1. The fourth-order valence-corrected chi connectivity index (χ4v) is 2.95. The molecule has 5 nitrogen and oxygen atoms in total. The molecular weight excluding hydrogens is 352 g/mol. The number of hydrogen-bond donors (Lipinski definition) is 3. The quantitative estimate of drug-likeness (QED) is 0.724. The van der Waals surface area contributed by atoms with Crippen molar-refractivity contribution in [3.63, 3.8) is 0 Å². The predicted molar refractivity (Wildman–Crippen MR) is 101 cm³/mol. The van der Waals surface area contributed by atoms with Crippen LogP contribution in [0.3, 0.4) is 0 Å². The Balaban J connectivity index is 1.58. The van der Waals surface area contributed by atoms with E-state index in [1.807, 2.05) is 19.1 Å². The first-order valence-corrected chi connectivity index (χ1v) is 8.98. The summed E-state index contributed by atoms with van der Waals surface area (Å²) in [5, 5.41) is 8.90. The lowest BCUT2D eigenvalue weighted by Crippen LogP contribution is -2.34. The van der Waals surface area contributed by atoms with Crippen LogP contribution in [0.1, 0.15) is 18.4 Å². The van der Waals surface area contributed by atoms with E-state index < -0.39 is 11.6 Å². The van der Waals surface area contributed by atoms with Gasteiger partial charge in [-0.15, -0.1) is 0 Å². The van der Waals surface area contributed by atoms with Crippen LogP contribution in [0.15, 0.2) is 36.4 Å². The van der Waals surface area contributed by atoms with E-state index in [4.69, 9.17) is 4.74 Å². The Morgan fingerprint density at radius 3 is 2.70 bits per heavy atom. The molecule has 0 radical (unpaired) electrons. The molecule has 3 N–H and O–H groups in total. The van der Waals surface area contributed by atoms with Gasteiger partial charge in [-0.1, -0.05) is 6.07 Å². The average Bonchev–Trinajstić information content (AvgIpc) is 2.67. The van der Waals surface area contributed by atoms with E-state index in [1.165, 1.54) is 6.07 Å². The molecule has 0 aliphatic carbocycles. The van der Waals surface area contributed by atoms with Crippen molar-refractivity contribution in [1.82, 2.24) is 5.32 Å². The van der Waals surface area contributed by atoms with Gasteiger partial charge in [0, 0.05) is 23.0 Å². The van der Waals surface area contributed by atoms with E-state index in [0.29, 0.717) is 11.4 Å². The lowest BCUT2D eigenvalue weighted by molar-refractivity contribution is -0.114. The first-order valence-electron chi connectivity index (χ1n) is 8.98. The highest BCUT2D eigenvalue weighted by atomic mass is 19.2. The number of piperidine rings is 1. The Morgan fingerprint density at radius 1 is 1.19 bits per heavy atom. The highest BCUT2D eigenvalue weighted by Crippen LogP contribution is 2.27. The van der Waals surface area contributed by atoms with Gasteiger partial charge in [0.05, 0.1) is 6.54 Å². The molecule has 1 heterocycles. The minimum Gasteiger partial charge on any atom is -0.490 e. The minimum atomic E-state index is -0.959. The molecule has 0 atom stereocenters. The summed E-state index contributed by atoms with van der Waals surface area (Å²) in [4.78, 5) is 12.2. The number of anilines is 2. The van der Waals surface area contributed by atoms with Gasteiger partial charge in [-0.05, 0) is 57.1 Å². The molecule has 1 saturated heterocycles. The van der Waals surface area contributed by atoms with Crippen LogP contribution in [-0.4, -0.2) is 31.6 Å². The van der Waals surface area contributed by atoms with Gasteiger partial charge < -0.3 is 20.7 Å². The van der Waals surface area contributed by atoms with Crippen LogP contribution in [0, 0.1) is 18.6 Å². The lowest BCUT2D eigenvalue weighted by atomic mass is 10.1. The summed E-state index contributed by atoms with van der Waals surface area (Å²) in [7, 11) is 0. The lowest BCUT2D eigenvalue weighted by Gasteiger charge is -2.25. The summed E-state index contributed by atoms with van der Waals surface area (Å²) in [6, 6.07) is 8.95. The number of halogens is 2. The summed E-state index contributed by atoms with van der Waals surface area (Å²) in [6.07, 6.45) is 2.08. The van der Waals surface area contributed by atoms with Crippen molar-refractivity contribution < 1.29 is 18.3 Å². The maximum atomic E-state index is 13.2. The zero-order valence-corrected chi connectivity index (χ0v) is 15.1. The van der Waals surface area contributed by atoms with Gasteiger partial charge in [-0.3, -0.25) is 4.79 Å². The number of ether oxygens (including phenoxy) is 1. The largest absolute Gasteiger partial charge is 0.490 e. The standard InChI is InChI=1S/C20H23F2N3O2/c1-13-18(3-2-4-19(13)27-15-7-9-23-10-8-15)25-20(26)12-24-14-5-6-16(21)17(22)11-14/h2-6,11,15,23-24H,7-10,12H2,1H3,(H,25,26). The van der Waals surface area contributed by atoms with Crippen LogP contribution in [0.4, 0.5) is 20.2 Å². The molecule has 2 aromatic rings. The van der Waals surface area contributed by atoms with Crippen LogP contribution in [0.2, 0.25) is 0 Å². The number of amides is 1. The fraction of sp³-hybridized carbons (Fsp3) is 0.350. The molecule has 1 fully saturated rings. The molecule has 27 heavy (non-hydrogen) atoms. The first-order chi connectivity index (χ1) is 13.0. The van der Waals surface area contributed by atoms with E-state index in [9.17, 15) is 13.6 Å². The molecule has 7 heteroatoms. The van der Waals surface area contributed by atoms with Crippen molar-refractivity contribution in [2.24, 2.45) is 0 Å². The SMILES string of the molecule is Cc1c(NC(=O)CNc2ccc(F)c(F)c2)cccc1OC1CCNCC1. The smallest absolute Gasteiger partial charge is 0.243 e. The van der Waals surface area contributed by atoms with E-state index in [1.54, 1.807) is 6.07 Å². The summed E-state index contributed by atoms with van der Waals surface area (Å²) in [6.45, 7) is 3.71.